The highest BCUT2D eigenvalue weighted by atomic mass is 32.2. The highest BCUT2D eigenvalue weighted by molar-refractivity contribution is 7.99. The number of carbonyl (C=O) groups is 1. The van der Waals surface area contributed by atoms with Gasteiger partial charge in [-0.1, -0.05) is 24.3 Å². The van der Waals surface area contributed by atoms with E-state index in [2.05, 4.69) is 16.4 Å². The van der Waals surface area contributed by atoms with Gasteiger partial charge >= 0.3 is 0 Å². The Bertz CT molecular complexity index is 1170. The van der Waals surface area contributed by atoms with Gasteiger partial charge in [-0.25, -0.2) is 4.98 Å². The maximum Gasteiger partial charge on any atom is 0.234 e. The van der Waals surface area contributed by atoms with Gasteiger partial charge in [0.2, 0.25) is 5.91 Å². The fourth-order valence-electron chi connectivity index (χ4n) is 3.00. The number of rotatable bonds is 6. The van der Waals surface area contributed by atoms with E-state index in [-0.39, 0.29) is 5.91 Å². The second-order valence-electron chi connectivity index (χ2n) is 6.50. The Kier molecular flexibility index (Phi) is 5.59. The van der Waals surface area contributed by atoms with Gasteiger partial charge in [-0.3, -0.25) is 9.36 Å². The molecule has 0 radical (unpaired) electrons. The molecule has 0 saturated carbocycles. The number of benzene rings is 3. The molecule has 0 aliphatic heterocycles. The average Bonchev–Trinajstić information content (AvgIpc) is 3.19. The molecule has 0 unspecified atom stereocenters. The molecule has 6 heteroatoms. The van der Waals surface area contributed by atoms with E-state index in [0.29, 0.717) is 11.3 Å². The Morgan fingerprint density at radius 1 is 1.03 bits per heavy atom. The minimum atomic E-state index is -0.0375. The van der Waals surface area contributed by atoms with Crippen LogP contribution < -0.4 is 5.32 Å². The van der Waals surface area contributed by atoms with Crippen molar-refractivity contribution in [3.63, 3.8) is 0 Å². The van der Waals surface area contributed by atoms with Gasteiger partial charge in [-0.15, -0.1) is 11.8 Å². The Labute approximate surface area is 173 Å². The zero-order valence-electron chi connectivity index (χ0n) is 15.6. The van der Waals surface area contributed by atoms with Crippen LogP contribution in [0.15, 0.2) is 79.1 Å². The van der Waals surface area contributed by atoms with Crippen molar-refractivity contribution >= 4 is 34.4 Å². The SMILES string of the molecule is N#Cc1ccc(CSCC(=O)Nc2ccc(-n3cnc4ccccc43)cc2)cc1. The lowest BCUT2D eigenvalue weighted by atomic mass is 10.2. The minimum absolute atomic E-state index is 0.0375. The van der Waals surface area contributed by atoms with E-state index in [9.17, 15) is 4.79 Å². The van der Waals surface area contributed by atoms with Crippen LogP contribution >= 0.6 is 11.8 Å². The number of hydrogen-bond donors (Lipinski definition) is 1. The molecule has 0 aliphatic carbocycles. The van der Waals surface area contributed by atoms with Crippen molar-refractivity contribution in [1.29, 1.82) is 5.26 Å². The summed E-state index contributed by atoms with van der Waals surface area (Å²) >= 11 is 1.54. The molecule has 29 heavy (non-hydrogen) atoms. The molecular formula is C23H18N4OS. The summed E-state index contributed by atoms with van der Waals surface area (Å²) in [6.07, 6.45) is 1.80. The van der Waals surface area contributed by atoms with E-state index in [4.69, 9.17) is 5.26 Å². The maximum atomic E-state index is 12.2. The summed E-state index contributed by atoms with van der Waals surface area (Å²) in [4.78, 5) is 16.6. The topological polar surface area (TPSA) is 70.7 Å². The normalized spacial score (nSPS) is 10.6. The van der Waals surface area contributed by atoms with Gasteiger partial charge in [0, 0.05) is 17.1 Å². The lowest BCUT2D eigenvalue weighted by Crippen LogP contribution is -2.14. The lowest BCUT2D eigenvalue weighted by molar-refractivity contribution is -0.113. The molecule has 0 bridgehead atoms. The molecule has 0 fully saturated rings. The summed E-state index contributed by atoms with van der Waals surface area (Å²) in [5, 5.41) is 11.8. The largest absolute Gasteiger partial charge is 0.325 e. The van der Waals surface area contributed by atoms with Crippen molar-refractivity contribution in [3.8, 4) is 11.8 Å². The van der Waals surface area contributed by atoms with Crippen LogP contribution in [0.4, 0.5) is 5.69 Å². The standard InChI is InChI=1S/C23H18N4OS/c24-13-17-5-7-18(8-6-17)14-29-15-23(28)26-19-9-11-20(12-10-19)27-16-25-21-3-1-2-4-22(21)27/h1-12,16H,14-15H2,(H,26,28). The van der Waals surface area contributed by atoms with Gasteiger partial charge in [0.05, 0.1) is 28.4 Å². The number of thioether (sulfide) groups is 1. The zero-order chi connectivity index (χ0) is 20.1. The van der Waals surface area contributed by atoms with Crippen molar-refractivity contribution in [3.05, 3.63) is 90.3 Å². The van der Waals surface area contributed by atoms with E-state index in [1.54, 1.807) is 30.2 Å². The number of nitrogens with zero attached hydrogens (tertiary/aromatic N) is 3. The van der Waals surface area contributed by atoms with E-state index >= 15 is 0 Å². The fourth-order valence-corrected chi connectivity index (χ4v) is 3.79. The van der Waals surface area contributed by atoms with Gasteiger partial charge in [0.15, 0.2) is 0 Å². The van der Waals surface area contributed by atoms with Crippen LogP contribution in [-0.4, -0.2) is 21.2 Å². The Balaban J connectivity index is 1.32. The molecule has 142 valence electrons. The Morgan fingerprint density at radius 2 is 1.79 bits per heavy atom. The second kappa shape index (κ2) is 8.63. The van der Waals surface area contributed by atoms with Gasteiger partial charge in [0.1, 0.15) is 6.33 Å². The van der Waals surface area contributed by atoms with Crippen LogP contribution in [0.3, 0.4) is 0 Å². The lowest BCUT2D eigenvalue weighted by Gasteiger charge is -2.08. The molecule has 0 aliphatic rings. The molecular weight excluding hydrogens is 380 g/mol. The maximum absolute atomic E-state index is 12.2. The van der Waals surface area contributed by atoms with Crippen LogP contribution in [0, 0.1) is 11.3 Å². The van der Waals surface area contributed by atoms with Crippen molar-refractivity contribution < 1.29 is 4.79 Å². The highest BCUT2D eigenvalue weighted by Crippen LogP contribution is 2.20. The van der Waals surface area contributed by atoms with Crippen LogP contribution in [0.25, 0.3) is 16.7 Å². The van der Waals surface area contributed by atoms with Crippen LogP contribution in [0.1, 0.15) is 11.1 Å². The zero-order valence-corrected chi connectivity index (χ0v) is 16.4. The highest BCUT2D eigenvalue weighted by Gasteiger charge is 2.06. The number of fused-ring (bicyclic) bond motifs is 1. The van der Waals surface area contributed by atoms with Crippen LogP contribution in [0.2, 0.25) is 0 Å². The third-order valence-electron chi connectivity index (χ3n) is 4.47. The summed E-state index contributed by atoms with van der Waals surface area (Å²) < 4.78 is 2.02. The molecule has 0 saturated heterocycles. The summed E-state index contributed by atoms with van der Waals surface area (Å²) in [6.45, 7) is 0. The van der Waals surface area contributed by atoms with Crippen molar-refractivity contribution in [2.75, 3.05) is 11.1 Å². The molecule has 1 aromatic heterocycles. The summed E-state index contributed by atoms with van der Waals surface area (Å²) in [6, 6.07) is 25.2. The number of amides is 1. The summed E-state index contributed by atoms with van der Waals surface area (Å²) in [5.74, 6) is 1.06. The van der Waals surface area contributed by atoms with Gasteiger partial charge in [0.25, 0.3) is 0 Å². The summed E-state index contributed by atoms with van der Waals surface area (Å²) in [7, 11) is 0. The second-order valence-corrected chi connectivity index (χ2v) is 7.49. The van der Waals surface area contributed by atoms with E-state index in [1.807, 2.05) is 65.2 Å². The number of hydrogen-bond acceptors (Lipinski definition) is 4. The molecule has 1 amide bonds. The molecule has 4 rings (SSSR count). The molecule has 1 N–H and O–H groups in total. The number of aromatic nitrogens is 2. The first kappa shape index (κ1) is 18.8. The van der Waals surface area contributed by atoms with E-state index < -0.39 is 0 Å². The third kappa shape index (κ3) is 4.48. The Morgan fingerprint density at radius 3 is 2.55 bits per heavy atom. The van der Waals surface area contributed by atoms with Crippen molar-refractivity contribution in [2.45, 2.75) is 5.75 Å². The Hall–Kier alpha value is -3.56. The first-order chi connectivity index (χ1) is 14.2. The number of anilines is 1. The molecule has 5 nitrogen and oxygen atoms in total. The van der Waals surface area contributed by atoms with Crippen molar-refractivity contribution in [1.82, 2.24) is 9.55 Å². The number of carbonyl (C=O) groups excluding carboxylic acids is 1. The predicted octanol–water partition coefficient (Wildman–Crippen LogP) is 4.77. The third-order valence-corrected chi connectivity index (χ3v) is 5.47. The van der Waals surface area contributed by atoms with Crippen LogP contribution in [-0.2, 0) is 10.5 Å². The quantitative estimate of drug-likeness (QED) is 0.508. The number of imidazole rings is 1. The molecule has 0 spiro atoms. The number of nitrogens with one attached hydrogen (secondary N) is 1. The first-order valence-corrected chi connectivity index (χ1v) is 10.3. The van der Waals surface area contributed by atoms with E-state index in [0.717, 1.165) is 33.7 Å². The number of nitriles is 1. The molecule has 1 heterocycles. The monoisotopic (exact) mass is 398 g/mol. The van der Waals surface area contributed by atoms with Gasteiger partial charge in [-0.2, -0.15) is 5.26 Å². The van der Waals surface area contributed by atoms with Gasteiger partial charge < -0.3 is 5.32 Å². The minimum Gasteiger partial charge on any atom is -0.325 e. The smallest absolute Gasteiger partial charge is 0.234 e. The molecule has 0 atom stereocenters. The fraction of sp³-hybridized carbons (Fsp3) is 0.0870. The van der Waals surface area contributed by atoms with Gasteiger partial charge in [-0.05, 0) is 54.1 Å². The van der Waals surface area contributed by atoms with Crippen LogP contribution in [0.5, 0.6) is 0 Å². The van der Waals surface area contributed by atoms with E-state index in [1.165, 1.54) is 0 Å². The first-order valence-electron chi connectivity index (χ1n) is 9.12. The predicted molar refractivity (Wildman–Crippen MR) is 117 cm³/mol. The summed E-state index contributed by atoms with van der Waals surface area (Å²) in [5.41, 5.74) is 5.49. The number of para-hydroxylation sites is 2. The van der Waals surface area contributed by atoms with Crippen molar-refractivity contribution in [2.24, 2.45) is 0 Å². The molecule has 4 aromatic rings. The average molecular weight is 398 g/mol. The molecule has 3 aromatic carbocycles.